The summed E-state index contributed by atoms with van der Waals surface area (Å²) in [6.07, 6.45) is 2.00. The molecule has 1 aromatic rings. The molecule has 0 spiro atoms. The maximum Gasteiger partial charge on any atom is 0.410 e. The van der Waals surface area contributed by atoms with Crippen LogP contribution < -0.4 is 0 Å². The summed E-state index contributed by atoms with van der Waals surface area (Å²) in [5, 5.41) is 0. The Labute approximate surface area is 124 Å². The predicted molar refractivity (Wildman–Crippen MR) is 77.6 cm³/mol. The number of piperidine rings is 1. The third-order valence-electron chi connectivity index (χ3n) is 3.50. The highest BCUT2D eigenvalue weighted by Crippen LogP contribution is 2.19. The lowest BCUT2D eigenvalue weighted by atomic mass is 10.0. The molecule has 2 rings (SSSR count). The Morgan fingerprint density at radius 3 is 2.67 bits per heavy atom. The van der Waals surface area contributed by atoms with Gasteiger partial charge >= 0.3 is 12.1 Å². The molecular formula is C16H21NO4. The molecular weight excluding hydrogens is 270 g/mol. The van der Waals surface area contributed by atoms with E-state index in [2.05, 4.69) is 0 Å². The molecule has 0 N–H and O–H groups in total. The first-order valence-electron chi connectivity index (χ1n) is 7.36. The summed E-state index contributed by atoms with van der Waals surface area (Å²) in [5.74, 6) is -0.339. The van der Waals surface area contributed by atoms with Gasteiger partial charge in [-0.25, -0.2) is 9.59 Å². The van der Waals surface area contributed by atoms with E-state index in [1.807, 2.05) is 30.3 Å². The lowest BCUT2D eigenvalue weighted by Gasteiger charge is -2.33. The summed E-state index contributed by atoms with van der Waals surface area (Å²) in [4.78, 5) is 25.6. The molecule has 1 saturated heterocycles. The van der Waals surface area contributed by atoms with Gasteiger partial charge in [0.15, 0.2) is 0 Å². The number of amides is 1. The van der Waals surface area contributed by atoms with Crippen LogP contribution in [0.1, 0.15) is 31.7 Å². The second kappa shape index (κ2) is 7.67. The Morgan fingerprint density at radius 1 is 1.19 bits per heavy atom. The average molecular weight is 291 g/mol. The average Bonchev–Trinajstić information content (AvgIpc) is 2.54. The Balaban J connectivity index is 1.93. The van der Waals surface area contributed by atoms with Crippen molar-refractivity contribution in [2.45, 2.75) is 38.8 Å². The lowest BCUT2D eigenvalue weighted by Crippen LogP contribution is -2.48. The molecule has 1 fully saturated rings. The van der Waals surface area contributed by atoms with E-state index in [-0.39, 0.29) is 12.6 Å². The van der Waals surface area contributed by atoms with Crippen molar-refractivity contribution in [2.75, 3.05) is 13.2 Å². The number of nitrogens with zero attached hydrogens (tertiary/aromatic N) is 1. The van der Waals surface area contributed by atoms with Gasteiger partial charge in [0.2, 0.25) is 0 Å². The van der Waals surface area contributed by atoms with Crippen LogP contribution in [0.4, 0.5) is 4.79 Å². The Kier molecular flexibility index (Phi) is 5.60. The van der Waals surface area contributed by atoms with Crippen molar-refractivity contribution in [3.63, 3.8) is 0 Å². The van der Waals surface area contributed by atoms with E-state index in [4.69, 9.17) is 9.47 Å². The second-order valence-electron chi connectivity index (χ2n) is 5.00. The second-order valence-corrected chi connectivity index (χ2v) is 5.00. The van der Waals surface area contributed by atoms with Gasteiger partial charge in [-0.2, -0.15) is 0 Å². The fourth-order valence-corrected chi connectivity index (χ4v) is 2.44. The van der Waals surface area contributed by atoms with Crippen LogP contribution in [0.3, 0.4) is 0 Å². The molecule has 1 aliphatic heterocycles. The summed E-state index contributed by atoms with van der Waals surface area (Å²) in [6, 6.07) is 8.98. The number of hydrogen-bond acceptors (Lipinski definition) is 4. The van der Waals surface area contributed by atoms with Crippen LogP contribution in [-0.2, 0) is 20.9 Å². The molecule has 5 nitrogen and oxygen atoms in total. The summed E-state index contributed by atoms with van der Waals surface area (Å²) in [7, 11) is 0. The van der Waals surface area contributed by atoms with E-state index in [0.717, 1.165) is 18.4 Å². The minimum absolute atomic E-state index is 0.214. The molecule has 0 bridgehead atoms. The quantitative estimate of drug-likeness (QED) is 0.800. The highest BCUT2D eigenvalue weighted by molar-refractivity contribution is 5.81. The van der Waals surface area contributed by atoms with Crippen LogP contribution >= 0.6 is 0 Å². The zero-order valence-electron chi connectivity index (χ0n) is 12.3. The molecule has 0 saturated carbocycles. The van der Waals surface area contributed by atoms with E-state index >= 15 is 0 Å². The highest BCUT2D eigenvalue weighted by atomic mass is 16.6. The minimum Gasteiger partial charge on any atom is -0.464 e. The molecule has 5 heteroatoms. The molecule has 1 atom stereocenters. The fraction of sp³-hybridized carbons (Fsp3) is 0.500. The van der Waals surface area contributed by atoms with Crippen molar-refractivity contribution >= 4 is 12.1 Å². The molecule has 0 aliphatic carbocycles. The SMILES string of the molecule is CCOC(=O)[C@H]1CCCCN1C(=O)OCc1ccccc1. The normalized spacial score (nSPS) is 18.1. The number of rotatable bonds is 4. The molecule has 114 valence electrons. The third kappa shape index (κ3) is 4.21. The number of benzene rings is 1. The number of carbonyl (C=O) groups is 2. The molecule has 0 unspecified atom stereocenters. The van der Waals surface area contributed by atoms with Gasteiger partial charge in [0, 0.05) is 6.54 Å². The summed E-state index contributed by atoms with van der Waals surface area (Å²) in [6.45, 7) is 2.84. The maximum absolute atomic E-state index is 12.2. The topological polar surface area (TPSA) is 55.8 Å². The van der Waals surface area contributed by atoms with Crippen molar-refractivity contribution < 1.29 is 19.1 Å². The largest absolute Gasteiger partial charge is 0.464 e. The Bertz CT molecular complexity index is 474. The molecule has 1 aromatic carbocycles. The van der Waals surface area contributed by atoms with Crippen molar-refractivity contribution in [1.82, 2.24) is 4.90 Å². The number of ether oxygens (including phenoxy) is 2. The van der Waals surface area contributed by atoms with Gasteiger partial charge in [-0.15, -0.1) is 0 Å². The summed E-state index contributed by atoms with van der Waals surface area (Å²) >= 11 is 0. The maximum atomic E-state index is 12.2. The van der Waals surface area contributed by atoms with Crippen molar-refractivity contribution in [1.29, 1.82) is 0 Å². The van der Waals surface area contributed by atoms with Gasteiger partial charge in [0.1, 0.15) is 12.6 Å². The number of esters is 1. The first-order valence-corrected chi connectivity index (χ1v) is 7.36. The first kappa shape index (κ1) is 15.4. The standard InChI is InChI=1S/C16H21NO4/c1-2-20-15(18)14-10-6-7-11-17(14)16(19)21-12-13-8-4-3-5-9-13/h3-5,8-9,14H,2,6-7,10-12H2,1H3/t14-/m1/s1. The van der Waals surface area contributed by atoms with Gasteiger partial charge in [0.25, 0.3) is 0 Å². The van der Waals surface area contributed by atoms with E-state index in [0.29, 0.717) is 19.6 Å². The van der Waals surface area contributed by atoms with Gasteiger partial charge in [0.05, 0.1) is 6.61 Å². The van der Waals surface area contributed by atoms with E-state index in [9.17, 15) is 9.59 Å². The lowest BCUT2D eigenvalue weighted by molar-refractivity contribution is -0.150. The molecule has 1 aliphatic rings. The summed E-state index contributed by atoms with van der Waals surface area (Å²) in [5.41, 5.74) is 0.926. The van der Waals surface area contributed by atoms with Crippen molar-refractivity contribution in [2.24, 2.45) is 0 Å². The van der Waals surface area contributed by atoms with E-state index in [1.54, 1.807) is 6.92 Å². The molecule has 0 radical (unpaired) electrons. The third-order valence-corrected chi connectivity index (χ3v) is 3.50. The van der Waals surface area contributed by atoms with Crippen LogP contribution in [-0.4, -0.2) is 36.2 Å². The van der Waals surface area contributed by atoms with Gasteiger partial charge in [-0.1, -0.05) is 30.3 Å². The van der Waals surface area contributed by atoms with Crippen LogP contribution in [0, 0.1) is 0 Å². The molecule has 21 heavy (non-hydrogen) atoms. The zero-order valence-corrected chi connectivity index (χ0v) is 12.3. The van der Waals surface area contributed by atoms with E-state index < -0.39 is 12.1 Å². The monoisotopic (exact) mass is 291 g/mol. The molecule has 1 amide bonds. The van der Waals surface area contributed by atoms with Crippen LogP contribution in [0.2, 0.25) is 0 Å². The molecule has 1 heterocycles. The number of likely N-dealkylation sites (tertiary alicyclic amines) is 1. The Hall–Kier alpha value is -2.04. The van der Waals surface area contributed by atoms with Gasteiger partial charge < -0.3 is 9.47 Å². The Morgan fingerprint density at radius 2 is 1.95 bits per heavy atom. The van der Waals surface area contributed by atoms with Gasteiger partial charge in [-0.3, -0.25) is 4.90 Å². The van der Waals surface area contributed by atoms with Gasteiger partial charge in [-0.05, 0) is 31.7 Å². The zero-order chi connectivity index (χ0) is 15.1. The summed E-state index contributed by atoms with van der Waals surface area (Å²) < 4.78 is 10.3. The number of carbonyl (C=O) groups excluding carboxylic acids is 2. The van der Waals surface area contributed by atoms with Crippen LogP contribution in [0.15, 0.2) is 30.3 Å². The molecule has 0 aromatic heterocycles. The van der Waals surface area contributed by atoms with Crippen LogP contribution in [0.25, 0.3) is 0 Å². The van der Waals surface area contributed by atoms with Crippen molar-refractivity contribution in [3.05, 3.63) is 35.9 Å². The smallest absolute Gasteiger partial charge is 0.410 e. The fourth-order valence-electron chi connectivity index (χ4n) is 2.44. The van der Waals surface area contributed by atoms with Crippen molar-refractivity contribution in [3.8, 4) is 0 Å². The first-order chi connectivity index (χ1) is 10.2. The van der Waals surface area contributed by atoms with E-state index in [1.165, 1.54) is 4.90 Å². The minimum atomic E-state index is -0.512. The number of hydrogen-bond donors (Lipinski definition) is 0. The predicted octanol–water partition coefficient (Wildman–Crippen LogP) is 2.74. The van der Waals surface area contributed by atoms with Crippen LogP contribution in [0.5, 0.6) is 0 Å². The highest BCUT2D eigenvalue weighted by Gasteiger charge is 2.34.